The molecule has 0 aliphatic heterocycles. The maximum absolute atomic E-state index is 11.2. The molecule has 1 fully saturated rings. The van der Waals surface area contributed by atoms with Gasteiger partial charge in [-0.15, -0.1) is 0 Å². The number of halogens is 1. The van der Waals surface area contributed by atoms with E-state index in [0.717, 1.165) is 25.7 Å². The molecule has 2 unspecified atom stereocenters. The highest BCUT2D eigenvalue weighted by molar-refractivity contribution is 9.10. The molecule has 0 spiro atoms. The molecular weight excluding hydrogens is 324 g/mol. The first-order chi connectivity index (χ1) is 9.46. The summed E-state index contributed by atoms with van der Waals surface area (Å²) < 4.78 is 0.671. The molecule has 1 aliphatic rings. The fraction of sp³-hybridized carbons (Fsp3) is 0.571. The summed E-state index contributed by atoms with van der Waals surface area (Å²) in [6.07, 6.45) is 3.84. The van der Waals surface area contributed by atoms with Crippen molar-refractivity contribution >= 4 is 27.3 Å². The Bertz CT molecular complexity index is 509. The topological polar surface area (TPSA) is 75.4 Å². The van der Waals surface area contributed by atoms with Crippen LogP contribution in [0.4, 0.5) is 11.4 Å². The highest BCUT2D eigenvalue weighted by Gasteiger charge is 2.35. The van der Waals surface area contributed by atoms with E-state index in [-0.39, 0.29) is 12.3 Å². The van der Waals surface area contributed by atoms with E-state index in [4.69, 9.17) is 0 Å². The van der Waals surface area contributed by atoms with Crippen LogP contribution in [0.2, 0.25) is 0 Å². The number of rotatable bonds is 4. The number of nitrogens with zero attached hydrogens (tertiary/aromatic N) is 1. The summed E-state index contributed by atoms with van der Waals surface area (Å²) in [6.45, 7) is 2.14. The van der Waals surface area contributed by atoms with Gasteiger partial charge in [-0.2, -0.15) is 0 Å². The lowest BCUT2D eigenvalue weighted by Gasteiger charge is -2.40. The predicted molar refractivity (Wildman–Crippen MR) is 81.9 cm³/mol. The molecular formula is C14H19BrN2O3. The number of nitro benzene ring substituents is 1. The van der Waals surface area contributed by atoms with E-state index in [2.05, 4.69) is 28.2 Å². The summed E-state index contributed by atoms with van der Waals surface area (Å²) in [5, 5.41) is 24.2. The van der Waals surface area contributed by atoms with Gasteiger partial charge in [0.15, 0.2) is 0 Å². The quantitative estimate of drug-likeness (QED) is 0.645. The second-order valence-electron chi connectivity index (χ2n) is 5.68. The highest BCUT2D eigenvalue weighted by Crippen LogP contribution is 2.37. The van der Waals surface area contributed by atoms with E-state index >= 15 is 0 Å². The zero-order valence-electron chi connectivity index (χ0n) is 11.4. The summed E-state index contributed by atoms with van der Waals surface area (Å²) in [7, 11) is 0. The van der Waals surface area contributed by atoms with Crippen molar-refractivity contribution in [2.24, 2.45) is 5.92 Å². The first-order valence-corrected chi connectivity index (χ1v) is 7.58. The van der Waals surface area contributed by atoms with Crippen molar-refractivity contribution in [1.29, 1.82) is 0 Å². The van der Waals surface area contributed by atoms with E-state index in [1.54, 1.807) is 12.1 Å². The molecule has 0 aromatic heterocycles. The van der Waals surface area contributed by atoms with Gasteiger partial charge in [0, 0.05) is 10.5 Å². The van der Waals surface area contributed by atoms with Crippen molar-refractivity contribution in [3.8, 4) is 0 Å². The smallest absolute Gasteiger partial charge is 0.293 e. The third-order valence-corrected chi connectivity index (χ3v) is 4.44. The van der Waals surface area contributed by atoms with E-state index in [0.29, 0.717) is 16.1 Å². The number of nitrogens with one attached hydrogen (secondary N) is 1. The van der Waals surface area contributed by atoms with Gasteiger partial charge in [-0.25, -0.2) is 0 Å². The molecule has 5 nitrogen and oxygen atoms in total. The van der Waals surface area contributed by atoms with Crippen LogP contribution in [0.25, 0.3) is 0 Å². The minimum atomic E-state index is -0.448. The fourth-order valence-electron chi connectivity index (χ4n) is 3.00. The Morgan fingerprint density at radius 3 is 2.95 bits per heavy atom. The second-order valence-corrected chi connectivity index (χ2v) is 6.60. The zero-order chi connectivity index (χ0) is 14.8. The molecule has 0 heterocycles. The first-order valence-electron chi connectivity index (χ1n) is 6.79. The minimum absolute atomic E-state index is 0.00937. The van der Waals surface area contributed by atoms with Crippen LogP contribution >= 0.6 is 15.9 Å². The number of aliphatic hydroxyl groups is 1. The molecule has 20 heavy (non-hydrogen) atoms. The molecule has 0 radical (unpaired) electrons. The Hall–Kier alpha value is -1.14. The van der Waals surface area contributed by atoms with Gasteiger partial charge in [0.25, 0.3) is 5.69 Å². The Morgan fingerprint density at radius 2 is 2.35 bits per heavy atom. The van der Waals surface area contributed by atoms with E-state index in [1.165, 1.54) is 6.07 Å². The summed E-state index contributed by atoms with van der Waals surface area (Å²) in [5.41, 5.74) is 0.0581. The molecule has 110 valence electrons. The van der Waals surface area contributed by atoms with Crippen molar-refractivity contribution < 1.29 is 10.0 Å². The first kappa shape index (κ1) is 15.3. The Morgan fingerprint density at radius 1 is 1.60 bits per heavy atom. The van der Waals surface area contributed by atoms with Crippen LogP contribution in [-0.4, -0.2) is 22.2 Å². The van der Waals surface area contributed by atoms with E-state index in [1.807, 2.05) is 0 Å². The van der Waals surface area contributed by atoms with Gasteiger partial charge in [0.1, 0.15) is 5.69 Å². The van der Waals surface area contributed by atoms with Crippen molar-refractivity contribution in [2.75, 3.05) is 11.9 Å². The highest BCUT2D eigenvalue weighted by atomic mass is 79.9. The number of benzene rings is 1. The van der Waals surface area contributed by atoms with Crippen molar-refractivity contribution in [3.05, 3.63) is 32.8 Å². The van der Waals surface area contributed by atoms with Crippen LogP contribution in [-0.2, 0) is 0 Å². The van der Waals surface area contributed by atoms with Gasteiger partial charge in [0.2, 0.25) is 0 Å². The van der Waals surface area contributed by atoms with Gasteiger partial charge in [-0.05, 0) is 30.9 Å². The minimum Gasteiger partial charge on any atom is -0.394 e. The van der Waals surface area contributed by atoms with Gasteiger partial charge in [-0.1, -0.05) is 35.7 Å². The number of nitro groups is 1. The molecule has 2 rings (SSSR count). The summed E-state index contributed by atoms with van der Waals surface area (Å²) in [4.78, 5) is 10.8. The molecule has 0 saturated heterocycles. The average Bonchev–Trinajstić information content (AvgIpc) is 2.40. The Balaban J connectivity index is 2.30. The van der Waals surface area contributed by atoms with Crippen LogP contribution in [0.5, 0.6) is 0 Å². The summed E-state index contributed by atoms with van der Waals surface area (Å²) >= 11 is 3.25. The van der Waals surface area contributed by atoms with Crippen LogP contribution in [0, 0.1) is 16.0 Å². The summed E-state index contributed by atoms with van der Waals surface area (Å²) in [5.74, 6) is 0.512. The number of hydrogen-bond donors (Lipinski definition) is 2. The Kier molecular flexibility index (Phi) is 4.65. The largest absolute Gasteiger partial charge is 0.394 e. The van der Waals surface area contributed by atoms with Crippen LogP contribution in [0.15, 0.2) is 22.7 Å². The maximum atomic E-state index is 11.2. The van der Waals surface area contributed by atoms with Crippen LogP contribution in [0.3, 0.4) is 0 Å². The Labute approximate surface area is 126 Å². The van der Waals surface area contributed by atoms with Gasteiger partial charge < -0.3 is 10.4 Å². The third-order valence-electron chi connectivity index (χ3n) is 3.95. The van der Waals surface area contributed by atoms with Gasteiger partial charge in [0.05, 0.1) is 17.1 Å². The van der Waals surface area contributed by atoms with Crippen molar-refractivity contribution in [1.82, 2.24) is 0 Å². The van der Waals surface area contributed by atoms with Gasteiger partial charge in [-0.3, -0.25) is 10.1 Å². The molecule has 0 bridgehead atoms. The predicted octanol–water partition coefficient (Wildman–Crippen LogP) is 3.71. The third kappa shape index (κ3) is 3.30. The van der Waals surface area contributed by atoms with E-state index in [9.17, 15) is 15.2 Å². The molecule has 2 N–H and O–H groups in total. The standard InChI is InChI=1S/C14H19BrN2O3/c1-10-3-2-6-14(8-10,9-18)16-12-5-4-11(15)7-13(12)17(19)20/h4-5,7,10,16,18H,2-3,6,8-9H2,1H3. The van der Waals surface area contributed by atoms with Gasteiger partial charge >= 0.3 is 0 Å². The molecule has 6 heteroatoms. The molecule has 2 atom stereocenters. The molecule has 1 aromatic rings. The molecule has 1 aliphatic carbocycles. The lowest BCUT2D eigenvalue weighted by molar-refractivity contribution is -0.384. The molecule has 0 amide bonds. The monoisotopic (exact) mass is 342 g/mol. The zero-order valence-corrected chi connectivity index (χ0v) is 13.0. The van der Waals surface area contributed by atoms with Crippen molar-refractivity contribution in [2.45, 2.75) is 38.1 Å². The van der Waals surface area contributed by atoms with Crippen molar-refractivity contribution in [3.63, 3.8) is 0 Å². The SMILES string of the molecule is CC1CCCC(CO)(Nc2ccc(Br)cc2[N+](=O)[O-])C1. The number of anilines is 1. The lowest BCUT2D eigenvalue weighted by Crippen LogP contribution is -2.46. The van der Waals surface area contributed by atoms with E-state index < -0.39 is 10.5 Å². The lowest BCUT2D eigenvalue weighted by atomic mass is 9.76. The molecule has 1 saturated carbocycles. The molecule has 1 aromatic carbocycles. The maximum Gasteiger partial charge on any atom is 0.293 e. The number of hydrogen-bond acceptors (Lipinski definition) is 4. The van der Waals surface area contributed by atoms with Crippen LogP contribution < -0.4 is 5.32 Å². The summed E-state index contributed by atoms with van der Waals surface area (Å²) in [6, 6.07) is 4.95. The number of aliphatic hydroxyl groups excluding tert-OH is 1. The van der Waals surface area contributed by atoms with Crippen LogP contribution in [0.1, 0.15) is 32.6 Å². The fourth-order valence-corrected chi connectivity index (χ4v) is 3.35. The normalized spacial score (nSPS) is 26.2. The average molecular weight is 343 g/mol. The second kappa shape index (κ2) is 6.10.